The molecule has 0 fully saturated rings. The molecule has 17 heavy (non-hydrogen) atoms. The molecule has 0 saturated heterocycles. The summed E-state index contributed by atoms with van der Waals surface area (Å²) in [5.41, 5.74) is 2.07. The van der Waals surface area contributed by atoms with Crippen molar-refractivity contribution in [3.05, 3.63) is 24.0 Å². The quantitative estimate of drug-likeness (QED) is 0.780. The summed E-state index contributed by atoms with van der Waals surface area (Å²) in [6.07, 6.45) is 0. The van der Waals surface area contributed by atoms with Crippen LogP contribution >= 0.6 is 11.6 Å². The second-order valence-corrected chi connectivity index (χ2v) is 4.79. The molecule has 1 heterocycles. The van der Waals surface area contributed by atoms with Crippen LogP contribution in [0.25, 0.3) is 11.0 Å². The summed E-state index contributed by atoms with van der Waals surface area (Å²) in [5.74, 6) is 2.76. The molecule has 0 saturated carbocycles. The predicted octanol–water partition coefficient (Wildman–Crippen LogP) is 3.44. The van der Waals surface area contributed by atoms with Crippen molar-refractivity contribution in [2.24, 2.45) is 5.92 Å². The topological polar surface area (TPSA) is 27.1 Å². The van der Waals surface area contributed by atoms with E-state index in [-0.39, 0.29) is 0 Å². The predicted molar refractivity (Wildman–Crippen MR) is 70.7 cm³/mol. The number of benzene rings is 1. The minimum atomic E-state index is 0.434. The lowest BCUT2D eigenvalue weighted by Crippen LogP contribution is -2.07. The van der Waals surface area contributed by atoms with Crippen molar-refractivity contribution in [3.8, 4) is 5.75 Å². The molecule has 0 aliphatic heterocycles. The Morgan fingerprint density at radius 3 is 2.76 bits per heavy atom. The Hall–Kier alpha value is -1.22. The van der Waals surface area contributed by atoms with Crippen LogP contribution in [0.2, 0.25) is 0 Å². The number of nitrogens with zero attached hydrogens (tertiary/aromatic N) is 2. The van der Waals surface area contributed by atoms with Crippen LogP contribution in [-0.2, 0) is 12.4 Å². The van der Waals surface area contributed by atoms with Gasteiger partial charge in [0.05, 0.1) is 24.0 Å². The van der Waals surface area contributed by atoms with Gasteiger partial charge in [0.15, 0.2) is 0 Å². The van der Waals surface area contributed by atoms with Gasteiger partial charge in [0, 0.05) is 12.6 Å². The number of rotatable bonds is 4. The summed E-state index contributed by atoms with van der Waals surface area (Å²) >= 11 is 5.95. The van der Waals surface area contributed by atoms with Gasteiger partial charge in [-0.2, -0.15) is 0 Å². The van der Waals surface area contributed by atoms with E-state index in [1.807, 2.05) is 18.2 Å². The van der Waals surface area contributed by atoms with E-state index in [1.54, 1.807) is 7.11 Å². The lowest BCUT2D eigenvalue weighted by Gasteiger charge is -2.10. The third kappa shape index (κ3) is 2.39. The van der Waals surface area contributed by atoms with Gasteiger partial charge in [-0.1, -0.05) is 13.8 Å². The normalized spacial score (nSPS) is 11.4. The number of halogens is 1. The van der Waals surface area contributed by atoms with Crippen molar-refractivity contribution in [3.63, 3.8) is 0 Å². The van der Waals surface area contributed by atoms with E-state index in [4.69, 9.17) is 16.3 Å². The highest BCUT2D eigenvalue weighted by atomic mass is 35.5. The first-order valence-corrected chi connectivity index (χ1v) is 6.28. The first kappa shape index (κ1) is 12.2. The number of methoxy groups -OCH3 is 1. The number of alkyl halides is 1. The van der Waals surface area contributed by atoms with Gasteiger partial charge < -0.3 is 9.30 Å². The van der Waals surface area contributed by atoms with E-state index >= 15 is 0 Å². The molecule has 1 aromatic heterocycles. The molecule has 0 unspecified atom stereocenters. The van der Waals surface area contributed by atoms with Crippen molar-refractivity contribution in [2.75, 3.05) is 7.11 Å². The van der Waals surface area contributed by atoms with E-state index in [0.29, 0.717) is 11.8 Å². The zero-order valence-corrected chi connectivity index (χ0v) is 11.2. The Kier molecular flexibility index (Phi) is 3.57. The summed E-state index contributed by atoms with van der Waals surface area (Å²) in [5, 5.41) is 0. The van der Waals surface area contributed by atoms with Crippen LogP contribution < -0.4 is 4.74 Å². The van der Waals surface area contributed by atoms with E-state index < -0.39 is 0 Å². The molecule has 0 bridgehead atoms. The summed E-state index contributed by atoms with van der Waals surface area (Å²) in [4.78, 5) is 4.54. The van der Waals surface area contributed by atoms with E-state index in [0.717, 1.165) is 29.2 Å². The number of hydrogen-bond acceptors (Lipinski definition) is 2. The molecule has 0 spiro atoms. The molecular weight excluding hydrogens is 236 g/mol. The van der Waals surface area contributed by atoms with Gasteiger partial charge in [-0.15, -0.1) is 11.6 Å². The van der Waals surface area contributed by atoms with Crippen molar-refractivity contribution < 1.29 is 4.74 Å². The number of ether oxygens (including phenoxy) is 1. The van der Waals surface area contributed by atoms with Crippen LogP contribution in [0.3, 0.4) is 0 Å². The molecule has 0 radical (unpaired) electrons. The lowest BCUT2D eigenvalue weighted by atomic mass is 10.2. The van der Waals surface area contributed by atoms with Crippen molar-refractivity contribution in [1.29, 1.82) is 0 Å². The van der Waals surface area contributed by atoms with Gasteiger partial charge in [0.1, 0.15) is 11.6 Å². The average Bonchev–Trinajstić information content (AvgIpc) is 2.66. The molecule has 4 heteroatoms. The third-order valence-corrected chi connectivity index (χ3v) is 2.94. The van der Waals surface area contributed by atoms with Crippen LogP contribution in [0.15, 0.2) is 18.2 Å². The number of hydrogen-bond donors (Lipinski definition) is 0. The van der Waals surface area contributed by atoms with Gasteiger partial charge in [0.25, 0.3) is 0 Å². The van der Waals surface area contributed by atoms with Crippen molar-refractivity contribution >= 4 is 22.6 Å². The van der Waals surface area contributed by atoms with Gasteiger partial charge in [0.2, 0.25) is 0 Å². The average molecular weight is 253 g/mol. The Bertz CT molecular complexity index is 519. The Morgan fingerprint density at radius 1 is 1.41 bits per heavy atom. The minimum Gasteiger partial charge on any atom is -0.497 e. The van der Waals surface area contributed by atoms with Crippen molar-refractivity contribution in [2.45, 2.75) is 26.3 Å². The summed E-state index contributed by atoms with van der Waals surface area (Å²) in [6, 6.07) is 5.91. The molecule has 0 aliphatic carbocycles. The van der Waals surface area contributed by atoms with Crippen LogP contribution in [-0.4, -0.2) is 16.7 Å². The Labute approximate surface area is 106 Å². The maximum Gasteiger partial charge on any atom is 0.124 e. The fourth-order valence-electron chi connectivity index (χ4n) is 1.95. The summed E-state index contributed by atoms with van der Waals surface area (Å²) in [6.45, 7) is 5.29. The van der Waals surface area contributed by atoms with Gasteiger partial charge in [-0.25, -0.2) is 4.98 Å². The second-order valence-electron chi connectivity index (χ2n) is 4.52. The molecule has 0 atom stereocenters. The lowest BCUT2D eigenvalue weighted by molar-refractivity contribution is 0.415. The zero-order chi connectivity index (χ0) is 12.4. The van der Waals surface area contributed by atoms with E-state index in [9.17, 15) is 0 Å². The van der Waals surface area contributed by atoms with Gasteiger partial charge in [-0.3, -0.25) is 0 Å². The van der Waals surface area contributed by atoms with Crippen LogP contribution in [0, 0.1) is 5.92 Å². The highest BCUT2D eigenvalue weighted by Crippen LogP contribution is 2.23. The maximum atomic E-state index is 5.95. The van der Waals surface area contributed by atoms with Crippen molar-refractivity contribution in [1.82, 2.24) is 9.55 Å². The maximum absolute atomic E-state index is 5.95. The Balaban J connectivity index is 2.58. The molecule has 2 rings (SSSR count). The number of aromatic nitrogens is 2. The minimum absolute atomic E-state index is 0.434. The third-order valence-electron chi connectivity index (χ3n) is 2.70. The summed E-state index contributed by atoms with van der Waals surface area (Å²) in [7, 11) is 1.67. The fourth-order valence-corrected chi connectivity index (χ4v) is 2.15. The SMILES string of the molecule is COc1ccc2nc(CCl)n(CC(C)C)c2c1. The van der Waals surface area contributed by atoms with Gasteiger partial charge in [-0.05, 0) is 18.1 Å². The molecule has 1 aromatic carbocycles. The Morgan fingerprint density at radius 2 is 2.18 bits per heavy atom. The number of imidazole rings is 1. The van der Waals surface area contributed by atoms with Gasteiger partial charge >= 0.3 is 0 Å². The standard InChI is InChI=1S/C13H17ClN2O/c1-9(2)8-16-12-6-10(17-3)4-5-11(12)15-13(16)7-14/h4-6,9H,7-8H2,1-3H3. The molecular formula is C13H17ClN2O. The molecule has 2 aromatic rings. The molecule has 0 N–H and O–H groups in total. The van der Waals surface area contributed by atoms with Crippen LogP contribution in [0.1, 0.15) is 19.7 Å². The van der Waals surface area contributed by atoms with Crippen LogP contribution in [0.5, 0.6) is 5.75 Å². The molecule has 92 valence electrons. The zero-order valence-electron chi connectivity index (χ0n) is 10.4. The highest BCUT2D eigenvalue weighted by molar-refractivity contribution is 6.16. The first-order chi connectivity index (χ1) is 8.15. The van der Waals surface area contributed by atoms with E-state index in [1.165, 1.54) is 0 Å². The highest BCUT2D eigenvalue weighted by Gasteiger charge is 2.11. The van der Waals surface area contributed by atoms with Crippen LogP contribution in [0.4, 0.5) is 0 Å². The number of fused-ring (bicyclic) bond motifs is 1. The molecule has 3 nitrogen and oxygen atoms in total. The molecule has 0 amide bonds. The first-order valence-electron chi connectivity index (χ1n) is 5.74. The largest absolute Gasteiger partial charge is 0.497 e. The fraction of sp³-hybridized carbons (Fsp3) is 0.462. The second kappa shape index (κ2) is 4.96. The van der Waals surface area contributed by atoms with E-state index in [2.05, 4.69) is 23.4 Å². The molecule has 0 aliphatic rings. The smallest absolute Gasteiger partial charge is 0.124 e. The summed E-state index contributed by atoms with van der Waals surface area (Å²) < 4.78 is 7.43. The monoisotopic (exact) mass is 252 g/mol.